The van der Waals surface area contributed by atoms with Gasteiger partial charge in [-0.25, -0.2) is 0 Å². The van der Waals surface area contributed by atoms with Gasteiger partial charge in [-0.1, -0.05) is 46.8 Å². The summed E-state index contributed by atoms with van der Waals surface area (Å²) < 4.78 is 5.95. The van der Waals surface area contributed by atoms with Crippen LogP contribution in [0.1, 0.15) is 41.0 Å². The summed E-state index contributed by atoms with van der Waals surface area (Å²) in [7, 11) is 0. The number of hydrogen-bond donors (Lipinski definition) is 0. The van der Waals surface area contributed by atoms with Crippen LogP contribution in [0.5, 0.6) is 0 Å². The average Bonchev–Trinajstić information content (AvgIpc) is 2.90. The van der Waals surface area contributed by atoms with Crippen molar-refractivity contribution < 1.29 is 4.74 Å². The van der Waals surface area contributed by atoms with Crippen LogP contribution in [0.2, 0.25) is 0 Å². The molecule has 2 aliphatic rings. The van der Waals surface area contributed by atoms with Gasteiger partial charge in [0.05, 0.1) is 13.2 Å². The van der Waals surface area contributed by atoms with Gasteiger partial charge >= 0.3 is 0 Å². The van der Waals surface area contributed by atoms with Crippen molar-refractivity contribution in [2.75, 3.05) is 32.8 Å². The Morgan fingerprint density at radius 3 is 2.40 bits per heavy atom. The van der Waals surface area contributed by atoms with Gasteiger partial charge in [-0.3, -0.25) is 0 Å². The topological polar surface area (TPSA) is 12.5 Å². The summed E-state index contributed by atoms with van der Waals surface area (Å²) >= 11 is 0. The van der Waals surface area contributed by atoms with Crippen LogP contribution >= 0.6 is 12.4 Å². The van der Waals surface area contributed by atoms with Crippen LogP contribution in [0, 0.1) is 22.7 Å². The standard InChI is InChI=1S/C17H31NO.ClH/c1-6-18(7-2)10-11-19-13-17(5)9-8-14-15(12-17)16(14,3)4;/h8-9,14-15H,6-7,10-13H2,1-5H3;1H. The molecule has 0 bridgehead atoms. The van der Waals surface area contributed by atoms with Crippen molar-refractivity contribution in [2.24, 2.45) is 22.7 Å². The highest BCUT2D eigenvalue weighted by Gasteiger charge is 2.59. The van der Waals surface area contributed by atoms with Crippen LogP contribution < -0.4 is 0 Å². The van der Waals surface area contributed by atoms with Crippen LogP contribution in [0.3, 0.4) is 0 Å². The molecule has 3 unspecified atom stereocenters. The van der Waals surface area contributed by atoms with E-state index in [1.165, 1.54) is 6.42 Å². The molecule has 2 rings (SSSR count). The lowest BCUT2D eigenvalue weighted by Gasteiger charge is -2.29. The molecule has 0 radical (unpaired) electrons. The van der Waals surface area contributed by atoms with E-state index in [2.05, 4.69) is 51.7 Å². The maximum absolute atomic E-state index is 5.95. The van der Waals surface area contributed by atoms with Crippen molar-refractivity contribution in [3.8, 4) is 0 Å². The van der Waals surface area contributed by atoms with Crippen molar-refractivity contribution >= 4 is 12.4 Å². The third-order valence-corrected chi connectivity index (χ3v) is 5.41. The lowest BCUT2D eigenvalue weighted by Crippen LogP contribution is -2.30. The molecule has 0 spiro atoms. The van der Waals surface area contributed by atoms with Gasteiger partial charge in [0.2, 0.25) is 0 Å². The predicted octanol–water partition coefficient (Wildman–Crippen LogP) is 4.01. The smallest absolute Gasteiger partial charge is 0.0593 e. The maximum atomic E-state index is 5.95. The van der Waals surface area contributed by atoms with Crippen molar-refractivity contribution in [3.63, 3.8) is 0 Å². The molecule has 0 amide bonds. The summed E-state index contributed by atoms with van der Waals surface area (Å²) in [4.78, 5) is 2.42. The number of likely N-dealkylation sites (N-methyl/N-ethyl adjacent to an activating group) is 1. The van der Waals surface area contributed by atoms with Gasteiger partial charge in [-0.15, -0.1) is 12.4 Å². The number of rotatable bonds is 7. The SMILES string of the molecule is CCN(CC)CCOCC1(C)C=CC2C(C1)C2(C)C.Cl. The number of halogens is 1. The van der Waals surface area contributed by atoms with Crippen molar-refractivity contribution in [2.45, 2.75) is 41.0 Å². The minimum atomic E-state index is 0. The van der Waals surface area contributed by atoms with E-state index in [-0.39, 0.29) is 17.8 Å². The van der Waals surface area contributed by atoms with E-state index < -0.39 is 0 Å². The van der Waals surface area contributed by atoms with E-state index in [9.17, 15) is 0 Å². The van der Waals surface area contributed by atoms with Gasteiger partial charge in [0.15, 0.2) is 0 Å². The molecule has 0 heterocycles. The molecular formula is C17H32ClNO. The van der Waals surface area contributed by atoms with Gasteiger partial charge in [0.1, 0.15) is 0 Å². The summed E-state index contributed by atoms with van der Waals surface area (Å²) in [5, 5.41) is 0. The second-order valence-corrected chi connectivity index (χ2v) is 7.25. The minimum absolute atomic E-state index is 0. The molecule has 3 heteroatoms. The Bertz CT molecular complexity index is 338. The van der Waals surface area contributed by atoms with Crippen LogP contribution in [0.4, 0.5) is 0 Å². The Morgan fingerprint density at radius 2 is 1.85 bits per heavy atom. The Kier molecular flexibility index (Phi) is 6.13. The summed E-state index contributed by atoms with van der Waals surface area (Å²) in [5.74, 6) is 1.71. The summed E-state index contributed by atoms with van der Waals surface area (Å²) in [6, 6.07) is 0. The van der Waals surface area contributed by atoms with E-state index in [0.29, 0.717) is 5.41 Å². The van der Waals surface area contributed by atoms with Gasteiger partial charge in [0, 0.05) is 12.0 Å². The van der Waals surface area contributed by atoms with Crippen LogP contribution in [-0.4, -0.2) is 37.7 Å². The van der Waals surface area contributed by atoms with E-state index in [1.807, 2.05) is 0 Å². The Balaban J connectivity index is 0.00000200. The zero-order valence-electron chi connectivity index (χ0n) is 13.8. The lowest BCUT2D eigenvalue weighted by molar-refractivity contribution is 0.0520. The molecule has 1 fully saturated rings. The molecule has 0 aromatic carbocycles. The Labute approximate surface area is 131 Å². The molecule has 0 aromatic heterocycles. The highest BCUT2D eigenvalue weighted by atomic mass is 35.5. The average molecular weight is 302 g/mol. The lowest BCUT2D eigenvalue weighted by atomic mass is 9.81. The van der Waals surface area contributed by atoms with Gasteiger partial charge in [-0.2, -0.15) is 0 Å². The van der Waals surface area contributed by atoms with Gasteiger partial charge < -0.3 is 9.64 Å². The molecule has 1 saturated carbocycles. The van der Waals surface area contributed by atoms with Crippen LogP contribution in [0.15, 0.2) is 12.2 Å². The third-order valence-electron chi connectivity index (χ3n) is 5.41. The maximum Gasteiger partial charge on any atom is 0.0593 e. The fourth-order valence-corrected chi connectivity index (χ4v) is 3.61. The normalized spacial score (nSPS) is 33.7. The first-order valence-corrected chi connectivity index (χ1v) is 7.92. The molecule has 0 aromatic rings. The van der Waals surface area contributed by atoms with Crippen LogP contribution in [-0.2, 0) is 4.74 Å². The molecule has 20 heavy (non-hydrogen) atoms. The number of fused-ring (bicyclic) bond motifs is 1. The second kappa shape index (κ2) is 6.81. The van der Waals surface area contributed by atoms with Crippen LogP contribution in [0.25, 0.3) is 0 Å². The molecule has 0 saturated heterocycles. The molecule has 0 N–H and O–H groups in total. The highest BCUT2D eigenvalue weighted by Crippen LogP contribution is 2.65. The monoisotopic (exact) mass is 301 g/mol. The molecule has 2 aliphatic carbocycles. The van der Waals surface area contributed by atoms with E-state index in [1.54, 1.807) is 0 Å². The third kappa shape index (κ3) is 3.78. The first-order valence-electron chi connectivity index (χ1n) is 7.92. The van der Waals surface area contributed by atoms with E-state index in [4.69, 9.17) is 4.74 Å². The molecular weight excluding hydrogens is 270 g/mol. The highest BCUT2D eigenvalue weighted by molar-refractivity contribution is 5.85. The fraction of sp³-hybridized carbons (Fsp3) is 0.882. The molecule has 2 nitrogen and oxygen atoms in total. The molecule has 118 valence electrons. The number of hydrogen-bond acceptors (Lipinski definition) is 2. The predicted molar refractivity (Wildman–Crippen MR) is 88.5 cm³/mol. The van der Waals surface area contributed by atoms with Crippen molar-refractivity contribution in [1.82, 2.24) is 4.90 Å². The molecule has 0 aliphatic heterocycles. The van der Waals surface area contributed by atoms with Gasteiger partial charge in [0.25, 0.3) is 0 Å². The molecule has 3 atom stereocenters. The van der Waals surface area contributed by atoms with E-state index in [0.717, 1.165) is 44.7 Å². The number of allylic oxidation sites excluding steroid dienone is 1. The fourth-order valence-electron chi connectivity index (χ4n) is 3.61. The second-order valence-electron chi connectivity index (χ2n) is 7.25. The first kappa shape index (κ1) is 18.0. The zero-order valence-corrected chi connectivity index (χ0v) is 14.6. The first-order chi connectivity index (χ1) is 8.93. The summed E-state index contributed by atoms with van der Waals surface area (Å²) in [5.41, 5.74) is 0.799. The number of ether oxygens (including phenoxy) is 1. The minimum Gasteiger partial charge on any atom is -0.379 e. The Morgan fingerprint density at radius 1 is 1.20 bits per heavy atom. The van der Waals surface area contributed by atoms with E-state index >= 15 is 0 Å². The number of nitrogens with zero attached hydrogens (tertiary/aromatic N) is 1. The summed E-state index contributed by atoms with van der Waals surface area (Å²) in [6.07, 6.45) is 6.16. The quantitative estimate of drug-likeness (QED) is 0.520. The Hall–Kier alpha value is -0.0500. The zero-order chi connectivity index (χ0) is 14.1. The largest absolute Gasteiger partial charge is 0.379 e. The van der Waals surface area contributed by atoms with Gasteiger partial charge in [-0.05, 0) is 36.8 Å². The summed E-state index contributed by atoms with van der Waals surface area (Å²) in [6.45, 7) is 16.6. The van der Waals surface area contributed by atoms with Crippen molar-refractivity contribution in [1.29, 1.82) is 0 Å². The van der Waals surface area contributed by atoms with Crippen molar-refractivity contribution in [3.05, 3.63) is 12.2 Å².